The van der Waals surface area contributed by atoms with E-state index in [1.165, 1.54) is 0 Å². The number of aliphatic carboxylic acids is 1. The third kappa shape index (κ3) is 8.17. The van der Waals surface area contributed by atoms with Gasteiger partial charge in [-0.25, -0.2) is 0 Å². The van der Waals surface area contributed by atoms with Crippen LogP contribution in [0, 0.1) is 0 Å². The van der Waals surface area contributed by atoms with Gasteiger partial charge in [0.15, 0.2) is 0 Å². The average Bonchev–Trinajstić information content (AvgIpc) is 1.80. The zero-order chi connectivity index (χ0) is 9.07. The first kappa shape index (κ1) is 14.6. The van der Waals surface area contributed by atoms with Crippen LogP contribution in [0.25, 0.3) is 0 Å². The fraction of sp³-hybridized carbons (Fsp3) is 0.857. The zero-order valence-corrected chi connectivity index (χ0v) is 9.17. The Morgan fingerprint density at radius 2 is 2.00 bits per heavy atom. The molecule has 0 rings (SSSR count). The maximum atomic E-state index is 10.3. The van der Waals surface area contributed by atoms with Gasteiger partial charge in [-0.15, -0.1) is 12.4 Å². The number of thioether (sulfide) groups is 1. The molecule has 0 fully saturated rings. The molecule has 0 aromatic rings. The molecule has 3 nitrogen and oxygen atoms in total. The summed E-state index contributed by atoms with van der Waals surface area (Å²) in [6.07, 6.45) is 0. The number of hydrogen-bond donors (Lipinski definition) is 2. The summed E-state index contributed by atoms with van der Waals surface area (Å²) in [5.41, 5.74) is 5.30. The summed E-state index contributed by atoms with van der Waals surface area (Å²) >= 11 is 1.56. The van der Waals surface area contributed by atoms with E-state index >= 15 is 0 Å². The molecule has 1 atom stereocenters. The molecule has 12 heavy (non-hydrogen) atoms. The number of halogens is 1. The van der Waals surface area contributed by atoms with Gasteiger partial charge in [0, 0.05) is 10.5 Å². The molecular formula is C7H16ClNO2S. The van der Waals surface area contributed by atoms with Crippen molar-refractivity contribution in [1.29, 1.82) is 0 Å². The zero-order valence-electron chi connectivity index (χ0n) is 7.53. The fourth-order valence-electron chi connectivity index (χ4n) is 0.411. The summed E-state index contributed by atoms with van der Waals surface area (Å²) in [5.74, 6) is -0.458. The largest absolute Gasteiger partial charge is 0.480 e. The summed E-state index contributed by atoms with van der Waals surface area (Å²) in [5, 5.41) is 8.44. The Bertz CT molecular complexity index is 147. The Kier molecular flexibility index (Phi) is 6.89. The lowest BCUT2D eigenvalue weighted by Crippen LogP contribution is -2.33. The minimum absolute atomic E-state index is 0. The van der Waals surface area contributed by atoms with E-state index in [9.17, 15) is 4.79 Å². The van der Waals surface area contributed by atoms with Crippen molar-refractivity contribution in [3.05, 3.63) is 0 Å². The van der Waals surface area contributed by atoms with Crippen LogP contribution in [0.15, 0.2) is 0 Å². The van der Waals surface area contributed by atoms with E-state index in [1.54, 1.807) is 11.8 Å². The number of rotatable bonds is 3. The van der Waals surface area contributed by atoms with Crippen LogP contribution >= 0.6 is 24.2 Å². The van der Waals surface area contributed by atoms with Crippen LogP contribution in [-0.4, -0.2) is 27.6 Å². The first-order valence-electron chi connectivity index (χ1n) is 3.45. The lowest BCUT2D eigenvalue weighted by Gasteiger charge is -2.18. The molecule has 0 aliphatic rings. The molecule has 0 aliphatic carbocycles. The van der Waals surface area contributed by atoms with E-state index in [1.807, 2.05) is 20.8 Å². The van der Waals surface area contributed by atoms with Crippen molar-refractivity contribution in [2.24, 2.45) is 5.73 Å². The first-order valence-corrected chi connectivity index (χ1v) is 4.44. The normalized spacial score (nSPS) is 13.3. The second-order valence-corrected chi connectivity index (χ2v) is 5.21. The fourth-order valence-corrected chi connectivity index (χ4v) is 1.23. The smallest absolute Gasteiger partial charge is 0.321 e. The van der Waals surface area contributed by atoms with Crippen LogP contribution in [0.2, 0.25) is 0 Å². The molecule has 0 spiro atoms. The Morgan fingerprint density at radius 3 is 2.25 bits per heavy atom. The van der Waals surface area contributed by atoms with Gasteiger partial charge in [-0.1, -0.05) is 20.8 Å². The van der Waals surface area contributed by atoms with E-state index in [2.05, 4.69) is 0 Å². The van der Waals surface area contributed by atoms with Crippen molar-refractivity contribution < 1.29 is 9.90 Å². The Labute approximate surface area is 83.5 Å². The van der Waals surface area contributed by atoms with Crippen LogP contribution in [0.3, 0.4) is 0 Å². The molecular weight excluding hydrogens is 198 g/mol. The van der Waals surface area contributed by atoms with Gasteiger partial charge in [0.1, 0.15) is 6.04 Å². The predicted octanol–water partition coefficient (Wildman–Crippen LogP) is 1.35. The topological polar surface area (TPSA) is 63.3 Å². The third-order valence-corrected chi connectivity index (χ3v) is 2.40. The van der Waals surface area contributed by atoms with Gasteiger partial charge >= 0.3 is 5.97 Å². The Morgan fingerprint density at radius 1 is 1.58 bits per heavy atom. The molecule has 0 aliphatic heterocycles. The summed E-state index contributed by atoms with van der Waals surface area (Å²) < 4.78 is 0.0903. The van der Waals surface area contributed by atoms with Crippen LogP contribution in [-0.2, 0) is 4.79 Å². The summed E-state index contributed by atoms with van der Waals surface area (Å²) in [4.78, 5) is 10.3. The minimum atomic E-state index is -0.929. The van der Waals surface area contributed by atoms with Crippen molar-refractivity contribution in [3.8, 4) is 0 Å². The number of carboxylic acid groups (broad SMARTS) is 1. The van der Waals surface area contributed by atoms with Gasteiger partial charge in [0.25, 0.3) is 0 Å². The molecule has 74 valence electrons. The highest BCUT2D eigenvalue weighted by atomic mass is 35.5. The highest BCUT2D eigenvalue weighted by Crippen LogP contribution is 2.23. The van der Waals surface area contributed by atoms with E-state index in [-0.39, 0.29) is 17.2 Å². The predicted molar refractivity (Wildman–Crippen MR) is 55.1 cm³/mol. The molecule has 0 amide bonds. The molecule has 5 heteroatoms. The molecule has 0 aromatic heterocycles. The van der Waals surface area contributed by atoms with Gasteiger partial charge in [-0.3, -0.25) is 4.79 Å². The van der Waals surface area contributed by atoms with Crippen LogP contribution < -0.4 is 5.73 Å². The standard InChI is InChI=1S/C7H15NO2S.ClH/c1-7(2,3)11-4-5(8)6(9)10;/h5H,4,8H2,1-3H3,(H,9,10);1H/t5-;/m1./s1. The first-order chi connectivity index (χ1) is 4.83. The summed E-state index contributed by atoms with van der Waals surface area (Å²) in [7, 11) is 0. The molecule has 0 saturated carbocycles. The lowest BCUT2D eigenvalue weighted by molar-refractivity contribution is -0.137. The van der Waals surface area contributed by atoms with Gasteiger partial charge in [-0.05, 0) is 0 Å². The van der Waals surface area contributed by atoms with Crippen LogP contribution in [0.5, 0.6) is 0 Å². The SMILES string of the molecule is CC(C)(C)SC[C@@H](N)C(=O)O.Cl. The Hall–Kier alpha value is 0.0700. The quantitative estimate of drug-likeness (QED) is 0.743. The molecule has 0 heterocycles. The second-order valence-electron chi connectivity index (χ2n) is 3.37. The van der Waals surface area contributed by atoms with Crippen molar-refractivity contribution in [1.82, 2.24) is 0 Å². The van der Waals surface area contributed by atoms with Crippen LogP contribution in [0.1, 0.15) is 20.8 Å². The molecule has 0 bridgehead atoms. The summed E-state index contributed by atoms with van der Waals surface area (Å²) in [6.45, 7) is 6.10. The van der Waals surface area contributed by atoms with E-state index in [4.69, 9.17) is 10.8 Å². The Balaban J connectivity index is 0. The monoisotopic (exact) mass is 213 g/mol. The van der Waals surface area contributed by atoms with Gasteiger partial charge in [0.2, 0.25) is 0 Å². The van der Waals surface area contributed by atoms with E-state index in [0.717, 1.165) is 0 Å². The van der Waals surface area contributed by atoms with Gasteiger partial charge < -0.3 is 10.8 Å². The number of nitrogens with two attached hydrogens (primary N) is 1. The van der Waals surface area contributed by atoms with Crippen molar-refractivity contribution in [2.45, 2.75) is 31.6 Å². The van der Waals surface area contributed by atoms with Crippen molar-refractivity contribution >= 4 is 30.1 Å². The highest BCUT2D eigenvalue weighted by molar-refractivity contribution is 8.00. The molecule has 0 aromatic carbocycles. The maximum Gasteiger partial charge on any atom is 0.321 e. The van der Waals surface area contributed by atoms with Gasteiger partial charge in [-0.2, -0.15) is 11.8 Å². The third-order valence-electron chi connectivity index (χ3n) is 1.01. The van der Waals surface area contributed by atoms with Gasteiger partial charge in [0.05, 0.1) is 0 Å². The highest BCUT2D eigenvalue weighted by Gasteiger charge is 2.16. The molecule has 0 radical (unpaired) electrons. The molecule has 0 unspecified atom stereocenters. The number of hydrogen-bond acceptors (Lipinski definition) is 3. The van der Waals surface area contributed by atoms with Crippen LogP contribution in [0.4, 0.5) is 0 Å². The molecule has 3 N–H and O–H groups in total. The number of carbonyl (C=O) groups is 1. The average molecular weight is 214 g/mol. The van der Waals surface area contributed by atoms with Crippen molar-refractivity contribution in [2.75, 3.05) is 5.75 Å². The summed E-state index contributed by atoms with van der Waals surface area (Å²) in [6, 6.07) is -0.737. The number of carboxylic acids is 1. The molecule has 0 saturated heterocycles. The maximum absolute atomic E-state index is 10.3. The van der Waals surface area contributed by atoms with E-state index < -0.39 is 12.0 Å². The van der Waals surface area contributed by atoms with E-state index in [0.29, 0.717) is 5.75 Å². The van der Waals surface area contributed by atoms with Crippen molar-refractivity contribution in [3.63, 3.8) is 0 Å². The minimum Gasteiger partial charge on any atom is -0.480 e. The lowest BCUT2D eigenvalue weighted by atomic mass is 10.3. The second kappa shape index (κ2) is 5.67.